The number of carbonyl (C=O) groups excluding carboxylic acids is 2. The van der Waals surface area contributed by atoms with Gasteiger partial charge < -0.3 is 10.7 Å². The van der Waals surface area contributed by atoms with Gasteiger partial charge in [0.05, 0.1) is 16.9 Å². The molecule has 5 aromatic rings. The third-order valence-corrected chi connectivity index (χ3v) is 6.03. The molecule has 0 spiro atoms. The Labute approximate surface area is 199 Å². The molecule has 168 valence electrons. The molecule has 0 radical (unpaired) electrons. The number of nitrogens with one attached hydrogen (secondary N) is 2. The van der Waals surface area contributed by atoms with E-state index in [1.165, 1.54) is 11.3 Å². The highest BCUT2D eigenvalue weighted by Crippen LogP contribution is 2.28. The maximum atomic E-state index is 13.3. The van der Waals surface area contributed by atoms with E-state index < -0.39 is 5.91 Å². The molecule has 3 aromatic heterocycles. The van der Waals surface area contributed by atoms with Gasteiger partial charge in [-0.25, -0.2) is 9.67 Å². The number of primary amides is 1. The highest BCUT2D eigenvalue weighted by atomic mass is 32.1. The Hall–Kier alpha value is -4.50. The summed E-state index contributed by atoms with van der Waals surface area (Å²) in [4.78, 5) is 31.9. The summed E-state index contributed by atoms with van der Waals surface area (Å²) in [5.74, 6) is -0.862. The average Bonchev–Trinajstić information content (AvgIpc) is 3.59. The lowest BCUT2D eigenvalue weighted by atomic mass is 10.1. The SMILES string of the molecule is Cc1ccc(-n2cc(C(=O)Nc3nc(-c4c[nH]c(C(N)=O)c4)cs3)c(-c3ccccc3)n2)cc1. The first-order valence-corrected chi connectivity index (χ1v) is 11.3. The first-order valence-electron chi connectivity index (χ1n) is 10.5. The van der Waals surface area contributed by atoms with Gasteiger partial charge in [-0.3, -0.25) is 14.9 Å². The van der Waals surface area contributed by atoms with Crippen molar-refractivity contribution in [3.63, 3.8) is 0 Å². The Bertz CT molecular complexity index is 1480. The van der Waals surface area contributed by atoms with Crippen molar-refractivity contribution >= 4 is 28.3 Å². The zero-order chi connectivity index (χ0) is 23.7. The number of amides is 2. The number of hydrogen-bond donors (Lipinski definition) is 3. The Morgan fingerprint density at radius 2 is 1.82 bits per heavy atom. The van der Waals surface area contributed by atoms with E-state index in [0.29, 0.717) is 33.3 Å². The molecule has 3 heterocycles. The van der Waals surface area contributed by atoms with Crippen LogP contribution in [0.3, 0.4) is 0 Å². The highest BCUT2D eigenvalue weighted by molar-refractivity contribution is 7.14. The second-order valence-electron chi connectivity index (χ2n) is 7.70. The zero-order valence-electron chi connectivity index (χ0n) is 18.1. The molecule has 4 N–H and O–H groups in total. The van der Waals surface area contributed by atoms with E-state index in [1.54, 1.807) is 28.5 Å². The average molecular weight is 469 g/mol. The fourth-order valence-corrected chi connectivity index (χ4v) is 4.21. The number of thiazole rings is 1. The molecule has 0 saturated carbocycles. The van der Waals surface area contributed by atoms with E-state index in [0.717, 1.165) is 16.8 Å². The summed E-state index contributed by atoms with van der Waals surface area (Å²) in [5, 5.41) is 9.82. The lowest BCUT2D eigenvalue weighted by Crippen LogP contribution is -2.12. The van der Waals surface area contributed by atoms with Crippen molar-refractivity contribution in [2.45, 2.75) is 6.92 Å². The third-order valence-electron chi connectivity index (χ3n) is 5.27. The van der Waals surface area contributed by atoms with E-state index in [-0.39, 0.29) is 5.91 Å². The second kappa shape index (κ2) is 8.80. The number of hydrogen-bond acceptors (Lipinski definition) is 5. The number of H-pyrrole nitrogens is 1. The number of aromatic nitrogens is 4. The molecule has 2 amide bonds. The normalized spacial score (nSPS) is 10.9. The van der Waals surface area contributed by atoms with Crippen LogP contribution in [0, 0.1) is 6.92 Å². The topological polar surface area (TPSA) is 119 Å². The summed E-state index contributed by atoms with van der Waals surface area (Å²) in [7, 11) is 0. The van der Waals surface area contributed by atoms with Crippen molar-refractivity contribution in [1.82, 2.24) is 19.7 Å². The van der Waals surface area contributed by atoms with Crippen LogP contribution < -0.4 is 11.1 Å². The predicted octanol–water partition coefficient (Wildman–Crippen LogP) is 4.65. The molecular weight excluding hydrogens is 448 g/mol. The third kappa shape index (κ3) is 4.24. The summed E-state index contributed by atoms with van der Waals surface area (Å²) >= 11 is 1.29. The van der Waals surface area contributed by atoms with E-state index in [1.807, 2.05) is 61.5 Å². The molecule has 0 unspecified atom stereocenters. The molecular formula is C25H20N6O2S. The van der Waals surface area contributed by atoms with Gasteiger partial charge in [0, 0.05) is 28.9 Å². The summed E-state index contributed by atoms with van der Waals surface area (Å²) in [5.41, 5.74) is 10.8. The van der Waals surface area contributed by atoms with E-state index >= 15 is 0 Å². The van der Waals surface area contributed by atoms with Crippen molar-refractivity contribution in [1.29, 1.82) is 0 Å². The van der Waals surface area contributed by atoms with Crippen LogP contribution in [0.1, 0.15) is 26.4 Å². The monoisotopic (exact) mass is 468 g/mol. The number of rotatable bonds is 6. The molecule has 0 aliphatic heterocycles. The molecule has 8 nitrogen and oxygen atoms in total. The maximum Gasteiger partial charge on any atom is 0.265 e. The predicted molar refractivity (Wildman–Crippen MR) is 132 cm³/mol. The van der Waals surface area contributed by atoms with Crippen LogP contribution in [0.4, 0.5) is 5.13 Å². The van der Waals surface area contributed by atoms with Gasteiger partial charge >= 0.3 is 0 Å². The lowest BCUT2D eigenvalue weighted by molar-refractivity contribution is 0.0994. The fourth-order valence-electron chi connectivity index (χ4n) is 3.49. The minimum atomic E-state index is -0.547. The number of aryl methyl sites for hydroxylation is 1. The van der Waals surface area contributed by atoms with Gasteiger partial charge in [-0.2, -0.15) is 5.10 Å². The van der Waals surface area contributed by atoms with Crippen molar-refractivity contribution in [3.05, 3.63) is 95.3 Å². The highest BCUT2D eigenvalue weighted by Gasteiger charge is 2.20. The van der Waals surface area contributed by atoms with Gasteiger partial charge in [-0.1, -0.05) is 48.0 Å². The van der Waals surface area contributed by atoms with Gasteiger partial charge in [-0.05, 0) is 25.1 Å². The number of nitrogens with two attached hydrogens (primary N) is 1. The zero-order valence-corrected chi connectivity index (χ0v) is 19.0. The first-order chi connectivity index (χ1) is 16.5. The minimum absolute atomic E-state index is 0.296. The molecule has 0 bridgehead atoms. The van der Waals surface area contributed by atoms with Crippen LogP contribution in [0.2, 0.25) is 0 Å². The Morgan fingerprint density at radius 3 is 2.53 bits per heavy atom. The number of anilines is 1. The summed E-state index contributed by atoms with van der Waals surface area (Å²) in [6.45, 7) is 2.02. The molecule has 2 aromatic carbocycles. The van der Waals surface area contributed by atoms with Crippen LogP contribution in [0.25, 0.3) is 28.2 Å². The summed E-state index contributed by atoms with van der Waals surface area (Å²) in [6.07, 6.45) is 3.38. The molecule has 0 aliphatic rings. The fraction of sp³-hybridized carbons (Fsp3) is 0.0400. The van der Waals surface area contributed by atoms with Crippen LogP contribution in [0.15, 0.2) is 78.4 Å². The van der Waals surface area contributed by atoms with Crippen LogP contribution in [0.5, 0.6) is 0 Å². The maximum absolute atomic E-state index is 13.3. The standard InChI is InChI=1S/C25H20N6O2S/c1-15-7-9-18(10-8-15)31-13-19(22(30-31)16-5-3-2-4-6-16)24(33)29-25-28-21(14-34-25)17-11-20(23(26)32)27-12-17/h2-14,27H,1H3,(H2,26,32)(H,28,29,33). The Balaban J connectivity index is 1.45. The smallest absolute Gasteiger partial charge is 0.265 e. The number of nitrogens with zero attached hydrogens (tertiary/aromatic N) is 3. The van der Waals surface area contributed by atoms with Crippen LogP contribution in [-0.2, 0) is 0 Å². The van der Waals surface area contributed by atoms with E-state index in [2.05, 4.69) is 15.3 Å². The van der Waals surface area contributed by atoms with Gasteiger partial charge in [0.2, 0.25) is 0 Å². The molecule has 0 fully saturated rings. The lowest BCUT2D eigenvalue weighted by Gasteiger charge is -2.02. The number of carbonyl (C=O) groups is 2. The van der Waals surface area contributed by atoms with Gasteiger partial charge in [0.1, 0.15) is 11.4 Å². The first kappa shape index (κ1) is 21.4. The quantitative estimate of drug-likeness (QED) is 0.336. The number of benzene rings is 2. The minimum Gasteiger partial charge on any atom is -0.364 e. The molecule has 0 saturated heterocycles. The molecule has 5 rings (SSSR count). The Morgan fingerprint density at radius 1 is 1.06 bits per heavy atom. The Kier molecular flexibility index (Phi) is 5.52. The summed E-state index contributed by atoms with van der Waals surface area (Å²) in [6, 6.07) is 19.1. The van der Waals surface area contributed by atoms with Crippen molar-refractivity contribution in [2.24, 2.45) is 5.73 Å². The molecule has 0 aliphatic carbocycles. The van der Waals surface area contributed by atoms with Gasteiger partial charge in [0.25, 0.3) is 11.8 Å². The molecule has 0 atom stereocenters. The van der Waals surface area contributed by atoms with Crippen molar-refractivity contribution < 1.29 is 9.59 Å². The molecule has 9 heteroatoms. The molecule has 34 heavy (non-hydrogen) atoms. The van der Waals surface area contributed by atoms with E-state index in [9.17, 15) is 9.59 Å². The van der Waals surface area contributed by atoms with Gasteiger partial charge in [-0.15, -0.1) is 11.3 Å². The second-order valence-corrected chi connectivity index (χ2v) is 8.55. The van der Waals surface area contributed by atoms with Crippen molar-refractivity contribution in [2.75, 3.05) is 5.32 Å². The van der Waals surface area contributed by atoms with Crippen LogP contribution >= 0.6 is 11.3 Å². The summed E-state index contributed by atoms with van der Waals surface area (Å²) < 4.78 is 1.70. The number of aromatic amines is 1. The van der Waals surface area contributed by atoms with Crippen LogP contribution in [-0.4, -0.2) is 31.6 Å². The van der Waals surface area contributed by atoms with E-state index in [4.69, 9.17) is 10.8 Å². The van der Waals surface area contributed by atoms with Gasteiger partial charge in [0.15, 0.2) is 5.13 Å². The largest absolute Gasteiger partial charge is 0.364 e. The van der Waals surface area contributed by atoms with Crippen molar-refractivity contribution in [3.8, 4) is 28.2 Å².